The van der Waals surface area contributed by atoms with E-state index in [0.29, 0.717) is 6.04 Å². The zero-order valence-corrected chi connectivity index (χ0v) is 9.80. The van der Waals surface area contributed by atoms with Gasteiger partial charge in [-0.3, -0.25) is 0 Å². The Balaban J connectivity index is 2.43. The molecule has 0 aromatic heterocycles. The molecule has 2 atom stereocenters. The van der Waals surface area contributed by atoms with Crippen LogP contribution in [0.2, 0.25) is 0 Å². The molecule has 3 heteroatoms. The van der Waals surface area contributed by atoms with Crippen LogP contribution < -0.4 is 5.32 Å². The molecule has 14 heavy (non-hydrogen) atoms. The van der Waals surface area contributed by atoms with E-state index in [-0.39, 0.29) is 11.7 Å². The Morgan fingerprint density at radius 2 is 2.21 bits per heavy atom. The molecule has 0 aliphatic carbocycles. The first-order valence-corrected chi connectivity index (χ1v) is 5.51. The maximum Gasteiger partial charge on any atom is 0.0830 e. The molecule has 0 bridgehead atoms. The van der Waals surface area contributed by atoms with E-state index >= 15 is 0 Å². The van der Waals surface area contributed by atoms with Crippen LogP contribution in [-0.2, 0) is 9.47 Å². The van der Waals surface area contributed by atoms with Crippen molar-refractivity contribution in [3.05, 3.63) is 0 Å². The number of hydrogen-bond acceptors (Lipinski definition) is 3. The van der Waals surface area contributed by atoms with Crippen molar-refractivity contribution < 1.29 is 9.47 Å². The Bertz CT molecular complexity index is 165. The summed E-state index contributed by atoms with van der Waals surface area (Å²) in [5.41, 5.74) is -0.0381. The first-order valence-electron chi connectivity index (χ1n) is 5.51. The van der Waals surface area contributed by atoms with E-state index in [9.17, 15) is 0 Å². The fourth-order valence-electron chi connectivity index (χ4n) is 1.93. The van der Waals surface area contributed by atoms with Crippen LogP contribution in [-0.4, -0.2) is 38.0 Å². The van der Waals surface area contributed by atoms with E-state index in [1.54, 1.807) is 0 Å². The number of hydrogen-bond donors (Lipinski definition) is 1. The molecule has 3 nitrogen and oxygen atoms in total. The van der Waals surface area contributed by atoms with Crippen LogP contribution in [0.4, 0.5) is 0 Å². The summed E-state index contributed by atoms with van der Waals surface area (Å²) >= 11 is 0. The maximum atomic E-state index is 5.78. The van der Waals surface area contributed by atoms with E-state index in [1.165, 1.54) is 0 Å². The SMILES string of the molecule is CNC(COC(C)C)C1(C)CCCO1. The van der Waals surface area contributed by atoms with Gasteiger partial charge in [0.1, 0.15) is 0 Å². The molecule has 0 aromatic carbocycles. The Kier molecular flexibility index (Phi) is 4.35. The highest BCUT2D eigenvalue weighted by Gasteiger charge is 2.37. The highest BCUT2D eigenvalue weighted by molar-refractivity contribution is 4.91. The first kappa shape index (κ1) is 12.0. The van der Waals surface area contributed by atoms with Crippen molar-refractivity contribution in [2.75, 3.05) is 20.3 Å². The molecular weight excluding hydrogens is 178 g/mol. The molecule has 0 aromatic rings. The zero-order chi connectivity index (χ0) is 10.6. The van der Waals surface area contributed by atoms with Gasteiger partial charge in [0.15, 0.2) is 0 Å². The van der Waals surface area contributed by atoms with E-state index in [0.717, 1.165) is 26.1 Å². The molecule has 0 radical (unpaired) electrons. The van der Waals surface area contributed by atoms with Gasteiger partial charge in [0.05, 0.1) is 24.4 Å². The molecule has 1 rings (SSSR count). The van der Waals surface area contributed by atoms with Gasteiger partial charge in [-0.25, -0.2) is 0 Å². The monoisotopic (exact) mass is 201 g/mol. The van der Waals surface area contributed by atoms with Gasteiger partial charge in [0.25, 0.3) is 0 Å². The first-order chi connectivity index (χ1) is 6.58. The average Bonchev–Trinajstić information content (AvgIpc) is 2.53. The molecule has 0 saturated carbocycles. The molecule has 1 heterocycles. The summed E-state index contributed by atoms with van der Waals surface area (Å²) in [7, 11) is 1.97. The number of likely N-dealkylation sites (N-methyl/N-ethyl adjacent to an activating group) is 1. The summed E-state index contributed by atoms with van der Waals surface area (Å²) in [6.07, 6.45) is 2.58. The Morgan fingerprint density at radius 3 is 2.64 bits per heavy atom. The Hall–Kier alpha value is -0.120. The number of ether oxygens (including phenoxy) is 2. The summed E-state index contributed by atoms with van der Waals surface area (Å²) < 4.78 is 11.4. The molecule has 2 unspecified atom stereocenters. The van der Waals surface area contributed by atoms with Crippen molar-refractivity contribution in [2.24, 2.45) is 0 Å². The van der Waals surface area contributed by atoms with Gasteiger partial charge in [-0.15, -0.1) is 0 Å². The van der Waals surface area contributed by atoms with Crippen molar-refractivity contribution in [3.63, 3.8) is 0 Å². The zero-order valence-electron chi connectivity index (χ0n) is 9.80. The lowest BCUT2D eigenvalue weighted by atomic mass is 9.94. The van der Waals surface area contributed by atoms with Crippen LogP contribution >= 0.6 is 0 Å². The van der Waals surface area contributed by atoms with Crippen LogP contribution in [0.3, 0.4) is 0 Å². The highest BCUT2D eigenvalue weighted by Crippen LogP contribution is 2.28. The summed E-state index contributed by atoms with van der Waals surface area (Å²) in [4.78, 5) is 0. The Labute approximate surface area is 87.2 Å². The molecular formula is C11H23NO2. The van der Waals surface area contributed by atoms with Crippen LogP contribution in [0, 0.1) is 0 Å². The van der Waals surface area contributed by atoms with Crippen molar-refractivity contribution in [3.8, 4) is 0 Å². The van der Waals surface area contributed by atoms with Gasteiger partial charge < -0.3 is 14.8 Å². The molecule has 1 saturated heterocycles. The summed E-state index contributed by atoms with van der Waals surface area (Å²) in [5, 5.41) is 3.29. The van der Waals surface area contributed by atoms with Gasteiger partial charge in [-0.1, -0.05) is 0 Å². The van der Waals surface area contributed by atoms with E-state index in [4.69, 9.17) is 9.47 Å². The highest BCUT2D eigenvalue weighted by atomic mass is 16.5. The summed E-state index contributed by atoms with van der Waals surface area (Å²) in [6, 6.07) is 0.299. The molecule has 1 fully saturated rings. The minimum absolute atomic E-state index is 0.0381. The molecule has 1 N–H and O–H groups in total. The normalized spacial score (nSPS) is 29.8. The van der Waals surface area contributed by atoms with Gasteiger partial charge >= 0.3 is 0 Å². The largest absolute Gasteiger partial charge is 0.377 e. The molecule has 84 valence electrons. The fourth-order valence-corrected chi connectivity index (χ4v) is 1.93. The number of nitrogens with one attached hydrogen (secondary N) is 1. The smallest absolute Gasteiger partial charge is 0.0830 e. The summed E-state index contributed by atoms with van der Waals surface area (Å²) in [6.45, 7) is 7.90. The number of rotatable bonds is 5. The van der Waals surface area contributed by atoms with E-state index in [2.05, 4.69) is 26.1 Å². The van der Waals surface area contributed by atoms with Crippen LogP contribution in [0.1, 0.15) is 33.6 Å². The quantitative estimate of drug-likeness (QED) is 0.732. The molecule has 1 aliphatic rings. The third-order valence-electron chi connectivity index (χ3n) is 2.93. The lowest BCUT2D eigenvalue weighted by Crippen LogP contribution is -2.50. The second-order valence-electron chi connectivity index (χ2n) is 4.49. The van der Waals surface area contributed by atoms with Crippen LogP contribution in [0.15, 0.2) is 0 Å². The average molecular weight is 201 g/mol. The lowest BCUT2D eigenvalue weighted by molar-refractivity contribution is -0.0467. The van der Waals surface area contributed by atoms with Crippen molar-refractivity contribution in [1.82, 2.24) is 5.32 Å². The van der Waals surface area contributed by atoms with Crippen molar-refractivity contribution >= 4 is 0 Å². The maximum absolute atomic E-state index is 5.78. The van der Waals surface area contributed by atoms with Gasteiger partial charge in [0, 0.05) is 6.61 Å². The minimum atomic E-state index is -0.0381. The Morgan fingerprint density at radius 1 is 1.50 bits per heavy atom. The molecule has 0 amide bonds. The second-order valence-corrected chi connectivity index (χ2v) is 4.49. The van der Waals surface area contributed by atoms with Crippen LogP contribution in [0.5, 0.6) is 0 Å². The second kappa shape index (κ2) is 5.10. The van der Waals surface area contributed by atoms with Gasteiger partial charge in [0.2, 0.25) is 0 Å². The lowest BCUT2D eigenvalue weighted by Gasteiger charge is -2.33. The van der Waals surface area contributed by atoms with Crippen molar-refractivity contribution in [1.29, 1.82) is 0 Å². The third-order valence-corrected chi connectivity index (χ3v) is 2.93. The van der Waals surface area contributed by atoms with E-state index in [1.807, 2.05) is 7.05 Å². The van der Waals surface area contributed by atoms with Crippen molar-refractivity contribution in [2.45, 2.75) is 51.4 Å². The predicted octanol–water partition coefficient (Wildman–Crippen LogP) is 1.57. The van der Waals surface area contributed by atoms with Gasteiger partial charge in [-0.2, -0.15) is 0 Å². The minimum Gasteiger partial charge on any atom is -0.377 e. The third kappa shape index (κ3) is 2.94. The topological polar surface area (TPSA) is 30.5 Å². The van der Waals surface area contributed by atoms with Gasteiger partial charge in [-0.05, 0) is 40.7 Å². The molecule has 0 spiro atoms. The standard InChI is InChI=1S/C11H23NO2/c1-9(2)13-8-10(12-4)11(3)6-5-7-14-11/h9-10,12H,5-8H2,1-4H3. The summed E-state index contributed by atoms with van der Waals surface area (Å²) in [5.74, 6) is 0. The predicted molar refractivity (Wildman–Crippen MR) is 57.5 cm³/mol. The van der Waals surface area contributed by atoms with E-state index < -0.39 is 0 Å². The van der Waals surface area contributed by atoms with Crippen LogP contribution in [0.25, 0.3) is 0 Å². The molecule has 1 aliphatic heterocycles. The fraction of sp³-hybridized carbons (Fsp3) is 1.00.